The Balaban J connectivity index is 1.70. The lowest BCUT2D eigenvalue weighted by atomic mass is 9.93. The van der Waals surface area contributed by atoms with Crippen LogP contribution in [0.2, 0.25) is 0 Å². The summed E-state index contributed by atoms with van der Waals surface area (Å²) in [4.78, 5) is 42.3. The average molecular weight is 554 g/mol. The molecule has 1 heterocycles. The minimum Gasteiger partial charge on any atom is -0.489 e. The van der Waals surface area contributed by atoms with Crippen molar-refractivity contribution >= 4 is 18.0 Å². The number of likely N-dealkylation sites (N-methyl/N-ethyl adjacent to an activating group) is 1. The topological polar surface area (TPSA) is 97.4 Å². The van der Waals surface area contributed by atoms with Gasteiger partial charge in [0.2, 0.25) is 0 Å². The summed E-state index contributed by atoms with van der Waals surface area (Å²) in [6.45, 7) is 11.7. The van der Waals surface area contributed by atoms with Crippen LogP contribution in [0.15, 0.2) is 54.6 Å². The van der Waals surface area contributed by atoms with Crippen molar-refractivity contribution in [2.24, 2.45) is 0 Å². The first-order valence-corrected chi connectivity index (χ1v) is 13.8. The molecule has 0 aromatic heterocycles. The number of nitrogens with one attached hydrogen (secondary N) is 1. The lowest BCUT2D eigenvalue weighted by Gasteiger charge is -2.34. The van der Waals surface area contributed by atoms with Crippen molar-refractivity contribution in [2.75, 3.05) is 33.2 Å². The summed E-state index contributed by atoms with van der Waals surface area (Å²) in [7, 11) is 1.56. The maximum Gasteiger partial charge on any atom is 0.410 e. The third kappa shape index (κ3) is 9.86. The fourth-order valence-electron chi connectivity index (χ4n) is 4.34. The van der Waals surface area contributed by atoms with Crippen LogP contribution in [0.25, 0.3) is 0 Å². The van der Waals surface area contributed by atoms with Crippen LogP contribution in [-0.2, 0) is 27.3 Å². The number of hydrogen-bond donors (Lipinski definition) is 1. The smallest absolute Gasteiger partial charge is 0.410 e. The van der Waals surface area contributed by atoms with Crippen molar-refractivity contribution in [2.45, 2.75) is 71.3 Å². The number of rotatable bonds is 10. The molecule has 0 saturated carbocycles. The molecule has 9 heteroatoms. The van der Waals surface area contributed by atoms with Gasteiger partial charge in [-0.1, -0.05) is 42.5 Å². The molecule has 218 valence electrons. The van der Waals surface area contributed by atoms with E-state index in [2.05, 4.69) is 5.32 Å². The van der Waals surface area contributed by atoms with Crippen molar-refractivity contribution in [3.8, 4) is 5.75 Å². The van der Waals surface area contributed by atoms with Gasteiger partial charge >= 0.3 is 12.2 Å². The normalized spacial score (nSPS) is 14.7. The van der Waals surface area contributed by atoms with Gasteiger partial charge in [-0.25, -0.2) is 9.59 Å². The summed E-state index contributed by atoms with van der Waals surface area (Å²) in [5, 5.41) is 3.20. The van der Waals surface area contributed by atoms with Gasteiger partial charge in [0.1, 0.15) is 23.6 Å². The van der Waals surface area contributed by atoms with E-state index in [1.165, 1.54) is 4.90 Å². The number of carbonyl (C=O) groups excluding carboxylic acids is 3. The molecule has 40 heavy (non-hydrogen) atoms. The number of piperazine rings is 1. The van der Waals surface area contributed by atoms with Crippen LogP contribution in [0.4, 0.5) is 9.59 Å². The summed E-state index contributed by atoms with van der Waals surface area (Å²) < 4.78 is 17.2. The van der Waals surface area contributed by atoms with Crippen molar-refractivity contribution in [3.63, 3.8) is 0 Å². The molecule has 1 atom stereocenters. The van der Waals surface area contributed by atoms with Gasteiger partial charge < -0.3 is 29.3 Å². The highest BCUT2D eigenvalue weighted by molar-refractivity contribution is 5.88. The molecule has 9 nitrogen and oxygen atoms in total. The minimum atomic E-state index is -1.05. The van der Waals surface area contributed by atoms with Gasteiger partial charge in [-0.3, -0.25) is 4.79 Å². The zero-order valence-electron chi connectivity index (χ0n) is 24.6. The second kappa shape index (κ2) is 13.7. The van der Waals surface area contributed by atoms with E-state index in [1.54, 1.807) is 46.6 Å². The molecule has 1 aliphatic heterocycles. The third-order valence-electron chi connectivity index (χ3n) is 6.46. The zero-order valence-corrected chi connectivity index (χ0v) is 24.6. The quantitative estimate of drug-likeness (QED) is 0.450. The lowest BCUT2D eigenvalue weighted by molar-refractivity contribution is -0.128. The first kappa shape index (κ1) is 30.9. The fourth-order valence-corrected chi connectivity index (χ4v) is 4.34. The van der Waals surface area contributed by atoms with Crippen LogP contribution in [-0.4, -0.2) is 78.2 Å². The minimum absolute atomic E-state index is 0.0547. The van der Waals surface area contributed by atoms with E-state index in [0.717, 1.165) is 11.1 Å². The molecule has 0 aliphatic carbocycles. The first-order valence-electron chi connectivity index (χ1n) is 13.8. The number of benzene rings is 2. The molecule has 0 bridgehead atoms. The van der Waals surface area contributed by atoms with Crippen LogP contribution in [0.5, 0.6) is 5.75 Å². The van der Waals surface area contributed by atoms with Gasteiger partial charge in [0, 0.05) is 46.1 Å². The van der Waals surface area contributed by atoms with Crippen LogP contribution in [0.1, 0.15) is 52.2 Å². The molecular formula is C31H43N3O6. The van der Waals surface area contributed by atoms with E-state index in [4.69, 9.17) is 14.2 Å². The second-order valence-corrected chi connectivity index (χ2v) is 11.7. The molecule has 0 spiro atoms. The summed E-state index contributed by atoms with van der Waals surface area (Å²) in [5.41, 5.74) is 0.156. The molecule has 1 N–H and O–H groups in total. The monoisotopic (exact) mass is 553 g/mol. The summed E-state index contributed by atoms with van der Waals surface area (Å²) in [6.07, 6.45) is -0.817. The van der Waals surface area contributed by atoms with E-state index in [0.29, 0.717) is 38.5 Å². The Kier molecular flexibility index (Phi) is 10.6. The van der Waals surface area contributed by atoms with Gasteiger partial charge in [0.05, 0.1) is 6.04 Å². The number of ketones is 1. The predicted octanol–water partition coefficient (Wildman–Crippen LogP) is 4.82. The molecular weight excluding hydrogens is 510 g/mol. The summed E-state index contributed by atoms with van der Waals surface area (Å²) >= 11 is 0. The number of carbonyl (C=O) groups is 3. The number of hydrogen-bond acceptors (Lipinski definition) is 7. The number of ether oxygens (including phenoxy) is 3. The van der Waals surface area contributed by atoms with E-state index < -0.39 is 29.4 Å². The molecule has 1 saturated heterocycles. The SMILES string of the molecule is CN(C(=O)OC(C)(C)C)[C@@H](Cc1ccc(OCc2ccccc2)cc1)C(=O)CC(C)(C)OC(=O)N1CCNCC1. The van der Waals surface area contributed by atoms with Crippen LogP contribution in [0, 0.1) is 0 Å². The van der Waals surface area contributed by atoms with Crippen LogP contribution in [0.3, 0.4) is 0 Å². The highest BCUT2D eigenvalue weighted by Gasteiger charge is 2.36. The highest BCUT2D eigenvalue weighted by atomic mass is 16.6. The predicted molar refractivity (Wildman–Crippen MR) is 153 cm³/mol. The van der Waals surface area contributed by atoms with E-state index in [9.17, 15) is 14.4 Å². The standard InChI is InChI=1S/C31H43N3O6/c1-30(2,3)39-28(36)33(6)26(27(35)21-31(4,5)40-29(37)34-18-16-32-17-19-34)20-23-12-14-25(15-13-23)38-22-24-10-8-7-9-11-24/h7-15,26,32H,16-22H2,1-6H3/t26-/m0/s1. The number of nitrogens with zero attached hydrogens (tertiary/aromatic N) is 2. The second-order valence-electron chi connectivity index (χ2n) is 11.7. The van der Waals surface area contributed by atoms with E-state index in [-0.39, 0.29) is 18.6 Å². The van der Waals surface area contributed by atoms with Gasteiger partial charge in [-0.2, -0.15) is 0 Å². The number of amides is 2. The zero-order chi connectivity index (χ0) is 29.3. The Bertz CT molecular complexity index is 1120. The van der Waals surface area contributed by atoms with Crippen molar-refractivity contribution < 1.29 is 28.6 Å². The Labute approximate surface area is 237 Å². The lowest BCUT2D eigenvalue weighted by Crippen LogP contribution is -2.50. The van der Waals surface area contributed by atoms with Gasteiger partial charge in [0.25, 0.3) is 0 Å². The first-order chi connectivity index (χ1) is 18.8. The maximum absolute atomic E-state index is 13.7. The van der Waals surface area contributed by atoms with Crippen molar-refractivity contribution in [3.05, 3.63) is 65.7 Å². The molecule has 0 radical (unpaired) electrons. The Morgan fingerprint density at radius 1 is 0.900 bits per heavy atom. The van der Waals surface area contributed by atoms with Crippen LogP contribution >= 0.6 is 0 Å². The molecule has 3 rings (SSSR count). The van der Waals surface area contributed by atoms with Gasteiger partial charge in [0.15, 0.2) is 5.78 Å². The van der Waals surface area contributed by atoms with Crippen LogP contribution < -0.4 is 10.1 Å². The van der Waals surface area contributed by atoms with E-state index in [1.807, 2.05) is 54.6 Å². The van der Waals surface area contributed by atoms with Gasteiger partial charge in [-0.15, -0.1) is 0 Å². The average Bonchev–Trinajstić information content (AvgIpc) is 2.90. The molecule has 1 aliphatic rings. The largest absolute Gasteiger partial charge is 0.489 e. The maximum atomic E-state index is 13.7. The Morgan fingerprint density at radius 2 is 1.52 bits per heavy atom. The molecule has 2 amide bonds. The molecule has 1 fully saturated rings. The Hall–Kier alpha value is -3.59. The van der Waals surface area contributed by atoms with Gasteiger partial charge in [-0.05, 0) is 57.9 Å². The highest BCUT2D eigenvalue weighted by Crippen LogP contribution is 2.23. The third-order valence-corrected chi connectivity index (χ3v) is 6.46. The molecule has 2 aromatic rings. The van der Waals surface area contributed by atoms with E-state index >= 15 is 0 Å². The summed E-state index contributed by atoms with van der Waals surface area (Å²) in [6, 6.07) is 16.6. The molecule has 0 unspecified atom stereocenters. The van der Waals surface area contributed by atoms with Crippen molar-refractivity contribution in [1.29, 1.82) is 0 Å². The Morgan fingerprint density at radius 3 is 2.12 bits per heavy atom. The fraction of sp³-hybridized carbons (Fsp3) is 0.516. The van der Waals surface area contributed by atoms with Crippen molar-refractivity contribution in [1.82, 2.24) is 15.1 Å². The number of Topliss-reactive ketones (excluding diaryl/α,β-unsaturated/α-hetero) is 1. The summed E-state index contributed by atoms with van der Waals surface area (Å²) in [5.74, 6) is 0.479. The molecule has 2 aromatic carbocycles.